The molecule has 2 unspecified atom stereocenters. The van der Waals surface area contributed by atoms with Crippen LogP contribution in [0.2, 0.25) is 4.34 Å². The van der Waals surface area contributed by atoms with Gasteiger partial charge >= 0.3 is 0 Å². The minimum Gasteiger partial charge on any atom is -0.381 e. The monoisotopic (exact) mass is 491 g/mol. The van der Waals surface area contributed by atoms with E-state index in [-0.39, 0.29) is 29.2 Å². The highest BCUT2D eigenvalue weighted by molar-refractivity contribution is 7.17. The van der Waals surface area contributed by atoms with Gasteiger partial charge in [-0.3, -0.25) is 19.0 Å². The molecule has 2 heterocycles. The van der Waals surface area contributed by atoms with Gasteiger partial charge < -0.3 is 15.8 Å². The first-order valence-electron chi connectivity index (χ1n) is 10.1. The van der Waals surface area contributed by atoms with Crippen LogP contribution >= 0.6 is 22.9 Å². The second-order valence-electron chi connectivity index (χ2n) is 7.40. The van der Waals surface area contributed by atoms with E-state index in [0.29, 0.717) is 21.3 Å². The molecule has 3 N–H and O–H groups in total. The van der Waals surface area contributed by atoms with Crippen LogP contribution in [0.4, 0.5) is 10.1 Å². The van der Waals surface area contributed by atoms with Gasteiger partial charge in [-0.05, 0) is 49.6 Å². The molecule has 1 saturated carbocycles. The number of pyridine rings is 1. The predicted molar refractivity (Wildman–Crippen MR) is 127 cm³/mol. The van der Waals surface area contributed by atoms with Gasteiger partial charge in [0.2, 0.25) is 5.91 Å². The van der Waals surface area contributed by atoms with E-state index in [0.717, 1.165) is 12.8 Å². The molecule has 10 heteroatoms. The summed E-state index contributed by atoms with van der Waals surface area (Å²) in [6, 6.07) is 12.3. The molecule has 0 saturated heterocycles. The van der Waals surface area contributed by atoms with E-state index >= 15 is 0 Å². The van der Waals surface area contributed by atoms with Crippen molar-refractivity contribution >= 4 is 40.4 Å². The highest BCUT2D eigenvalue weighted by atomic mass is 35.5. The molecule has 2 aromatic heterocycles. The van der Waals surface area contributed by atoms with Crippen LogP contribution in [0.25, 0.3) is 5.69 Å². The third-order valence-electron chi connectivity index (χ3n) is 5.22. The maximum Gasteiger partial charge on any atom is 0.258 e. The van der Waals surface area contributed by atoms with Gasteiger partial charge in [-0.2, -0.15) is 0 Å². The molecule has 0 aliphatic heterocycles. The van der Waals surface area contributed by atoms with Crippen LogP contribution in [0.3, 0.4) is 0 Å². The van der Waals surface area contributed by atoms with Gasteiger partial charge in [0.05, 0.1) is 26.7 Å². The number of amides is 2. The molecule has 0 bridgehead atoms. The Bertz CT molecular complexity index is 1200. The Morgan fingerprint density at radius 2 is 2.00 bits per heavy atom. The molecule has 4 rings (SSSR count). The molecule has 1 aliphatic rings. The number of primary amides is 1. The van der Waals surface area contributed by atoms with Crippen molar-refractivity contribution in [2.45, 2.75) is 25.4 Å². The van der Waals surface area contributed by atoms with E-state index in [1.807, 2.05) is 0 Å². The first-order chi connectivity index (χ1) is 15.8. The molecule has 1 fully saturated rings. The third-order valence-corrected chi connectivity index (χ3v) is 6.46. The number of ether oxygens (including phenoxy) is 1. The number of benzene rings is 1. The molecule has 174 valence electrons. The number of nitrogens with one attached hydrogen (secondary N) is 1. The number of thiophene rings is 1. The zero-order valence-electron chi connectivity index (χ0n) is 17.8. The zero-order valence-corrected chi connectivity index (χ0v) is 19.4. The van der Waals surface area contributed by atoms with Crippen molar-refractivity contribution in [3.8, 4) is 5.69 Å². The van der Waals surface area contributed by atoms with Gasteiger partial charge in [-0.1, -0.05) is 17.7 Å². The fraction of sp³-hybridized carbons (Fsp3) is 0.261. The SMILES string of the molecule is COC1CCC(C(=O)Nc2ccc(-n3ccccc3=O)cc2F)C1.NC(=O)c1ccc(Cl)s1. The molecule has 1 aromatic carbocycles. The molecule has 2 amide bonds. The standard InChI is InChI=1S/C18H19FN2O3.C5H4ClNOS/c1-24-14-7-5-12(10-14)18(23)20-16-8-6-13(11-15(16)19)21-9-3-2-4-17(21)22;6-4-2-1-3(9-4)5(7)8/h2-4,6,8-9,11-12,14H,5,7,10H2,1H3,(H,20,23);1-2H,(H2,7,8). The molecule has 0 spiro atoms. The first kappa shape index (κ1) is 24.6. The maximum atomic E-state index is 14.3. The van der Waals surface area contributed by atoms with Crippen LogP contribution in [0.5, 0.6) is 0 Å². The number of hydrogen-bond donors (Lipinski definition) is 2. The molecule has 2 atom stereocenters. The summed E-state index contributed by atoms with van der Waals surface area (Å²) in [7, 11) is 1.63. The second-order valence-corrected chi connectivity index (χ2v) is 9.11. The number of hydrogen-bond acceptors (Lipinski definition) is 5. The van der Waals surface area contributed by atoms with Crippen LogP contribution in [0.15, 0.2) is 59.5 Å². The Labute approximate surface area is 198 Å². The molecule has 33 heavy (non-hydrogen) atoms. The van der Waals surface area contributed by atoms with E-state index < -0.39 is 11.7 Å². The van der Waals surface area contributed by atoms with Crippen LogP contribution in [-0.4, -0.2) is 29.6 Å². The van der Waals surface area contributed by atoms with E-state index in [1.165, 1.54) is 34.1 Å². The Kier molecular flexibility index (Phi) is 8.37. The van der Waals surface area contributed by atoms with Crippen LogP contribution < -0.4 is 16.6 Å². The third kappa shape index (κ3) is 6.50. The van der Waals surface area contributed by atoms with E-state index in [2.05, 4.69) is 5.32 Å². The number of carbonyl (C=O) groups excluding carboxylic acids is 2. The van der Waals surface area contributed by atoms with Crippen molar-refractivity contribution in [1.29, 1.82) is 0 Å². The number of rotatable bonds is 5. The van der Waals surface area contributed by atoms with Crippen molar-refractivity contribution in [2.75, 3.05) is 12.4 Å². The van der Waals surface area contributed by atoms with E-state index in [9.17, 15) is 18.8 Å². The number of methoxy groups -OCH3 is 1. The lowest BCUT2D eigenvalue weighted by molar-refractivity contribution is -0.120. The highest BCUT2D eigenvalue weighted by Gasteiger charge is 2.30. The quantitative estimate of drug-likeness (QED) is 0.557. The molecule has 0 radical (unpaired) electrons. The number of anilines is 1. The van der Waals surface area contributed by atoms with Crippen LogP contribution in [0.1, 0.15) is 28.9 Å². The normalized spacial score (nSPS) is 17.2. The Hall–Kier alpha value is -3.01. The van der Waals surface area contributed by atoms with Gasteiger partial charge in [-0.25, -0.2) is 4.39 Å². The fourth-order valence-corrected chi connectivity index (χ4v) is 4.36. The number of nitrogens with two attached hydrogens (primary N) is 1. The summed E-state index contributed by atoms with van der Waals surface area (Å²) < 4.78 is 21.5. The Morgan fingerprint density at radius 1 is 1.21 bits per heavy atom. The number of carbonyl (C=O) groups is 2. The Balaban J connectivity index is 0.000000286. The van der Waals surface area contributed by atoms with Gasteiger partial charge in [0.1, 0.15) is 5.82 Å². The van der Waals surface area contributed by atoms with Crippen molar-refractivity contribution in [3.63, 3.8) is 0 Å². The lowest BCUT2D eigenvalue weighted by Crippen LogP contribution is -2.22. The maximum absolute atomic E-state index is 14.3. The van der Waals surface area contributed by atoms with E-state index in [1.54, 1.807) is 43.6 Å². The summed E-state index contributed by atoms with van der Waals surface area (Å²) in [6.45, 7) is 0. The fourth-order valence-electron chi connectivity index (χ4n) is 3.47. The van der Waals surface area contributed by atoms with Gasteiger partial charge in [0.25, 0.3) is 11.5 Å². The molecule has 7 nitrogen and oxygen atoms in total. The summed E-state index contributed by atoms with van der Waals surface area (Å²) in [6.07, 6.45) is 3.90. The smallest absolute Gasteiger partial charge is 0.258 e. The lowest BCUT2D eigenvalue weighted by Gasteiger charge is -2.13. The van der Waals surface area contributed by atoms with Crippen LogP contribution in [-0.2, 0) is 9.53 Å². The van der Waals surface area contributed by atoms with Crippen molar-refractivity contribution in [2.24, 2.45) is 11.7 Å². The number of nitrogens with zero attached hydrogens (tertiary/aromatic N) is 1. The zero-order chi connectivity index (χ0) is 24.0. The Morgan fingerprint density at radius 3 is 2.55 bits per heavy atom. The van der Waals surface area contributed by atoms with Crippen molar-refractivity contribution < 1.29 is 18.7 Å². The van der Waals surface area contributed by atoms with Crippen molar-refractivity contribution in [3.05, 3.63) is 80.1 Å². The summed E-state index contributed by atoms with van der Waals surface area (Å²) >= 11 is 6.70. The summed E-state index contributed by atoms with van der Waals surface area (Å²) in [5.74, 6) is -1.35. The molecular weight excluding hydrogens is 469 g/mol. The average Bonchev–Trinajstić information content (AvgIpc) is 3.45. The predicted octanol–water partition coefficient (Wildman–Crippen LogP) is 4.23. The van der Waals surface area contributed by atoms with Gasteiger partial charge in [0.15, 0.2) is 0 Å². The summed E-state index contributed by atoms with van der Waals surface area (Å²) in [5, 5.41) is 2.63. The van der Waals surface area contributed by atoms with Crippen molar-refractivity contribution in [1.82, 2.24) is 4.57 Å². The topological polar surface area (TPSA) is 103 Å². The minimum atomic E-state index is -0.571. The molecular formula is C23H23ClFN3O4S. The molecule has 1 aliphatic carbocycles. The van der Waals surface area contributed by atoms with Crippen LogP contribution in [0, 0.1) is 11.7 Å². The molecule has 3 aromatic rings. The second kappa shape index (κ2) is 11.2. The summed E-state index contributed by atoms with van der Waals surface area (Å²) in [4.78, 5) is 34.9. The minimum absolute atomic E-state index is 0.0953. The number of aromatic nitrogens is 1. The lowest BCUT2D eigenvalue weighted by atomic mass is 10.1. The first-order valence-corrected chi connectivity index (χ1v) is 11.3. The summed E-state index contributed by atoms with van der Waals surface area (Å²) in [5.41, 5.74) is 5.23. The van der Waals surface area contributed by atoms with Gasteiger partial charge in [-0.15, -0.1) is 11.3 Å². The number of halogens is 2. The largest absolute Gasteiger partial charge is 0.381 e. The highest BCUT2D eigenvalue weighted by Crippen LogP contribution is 2.29. The average molecular weight is 492 g/mol. The van der Waals surface area contributed by atoms with Gasteiger partial charge in [0, 0.05) is 31.4 Å². The van der Waals surface area contributed by atoms with E-state index in [4.69, 9.17) is 22.1 Å².